The number of amides is 2. The first-order valence-corrected chi connectivity index (χ1v) is 10.5. The van der Waals surface area contributed by atoms with Gasteiger partial charge in [0.05, 0.1) is 16.8 Å². The normalized spacial score (nSPS) is 12.9. The van der Waals surface area contributed by atoms with E-state index >= 15 is 0 Å². The fourth-order valence-electron chi connectivity index (χ4n) is 3.62. The molecule has 0 bridgehead atoms. The average molecular weight is 448 g/mol. The number of nitrogens with one attached hydrogen (secondary N) is 2. The second kappa shape index (κ2) is 8.42. The topological polar surface area (TPSA) is 122 Å². The minimum absolute atomic E-state index is 0.0862. The molecule has 0 radical (unpaired) electrons. The molecule has 0 atom stereocenters. The number of ketones is 1. The number of alkyl carbamates (subject to hydrolysis) is 1. The van der Waals surface area contributed by atoms with E-state index in [1.165, 1.54) is 0 Å². The lowest BCUT2D eigenvalue weighted by Gasteiger charge is -2.19. The third-order valence-corrected chi connectivity index (χ3v) is 4.96. The first-order valence-electron chi connectivity index (χ1n) is 10.5. The summed E-state index contributed by atoms with van der Waals surface area (Å²) in [5.41, 5.74) is 1.05. The summed E-state index contributed by atoms with van der Waals surface area (Å²) < 4.78 is 6.24. The highest BCUT2D eigenvalue weighted by Crippen LogP contribution is 2.37. The molecule has 0 aliphatic carbocycles. The lowest BCUT2D eigenvalue weighted by atomic mass is 10.0. The van der Waals surface area contributed by atoms with Gasteiger partial charge in [0, 0.05) is 24.0 Å². The summed E-state index contributed by atoms with van der Waals surface area (Å²) >= 11 is 0. The van der Waals surface area contributed by atoms with Crippen molar-refractivity contribution in [3.05, 3.63) is 59.7 Å². The molecule has 170 valence electrons. The number of carbonyl (C=O) groups excluding carboxylic acids is 3. The van der Waals surface area contributed by atoms with Crippen LogP contribution in [0.4, 0.5) is 15.3 Å². The maximum atomic E-state index is 12.9. The van der Waals surface area contributed by atoms with E-state index in [-0.39, 0.29) is 36.0 Å². The van der Waals surface area contributed by atoms with Gasteiger partial charge in [-0.05, 0) is 39.0 Å². The number of rotatable bonds is 4. The van der Waals surface area contributed by atoms with Gasteiger partial charge < -0.3 is 20.5 Å². The van der Waals surface area contributed by atoms with Gasteiger partial charge in [0.1, 0.15) is 11.3 Å². The van der Waals surface area contributed by atoms with Crippen molar-refractivity contribution in [1.29, 1.82) is 0 Å². The molecule has 9 heteroatoms. The Morgan fingerprint density at radius 3 is 2.42 bits per heavy atom. The summed E-state index contributed by atoms with van der Waals surface area (Å²) in [6.45, 7) is 5.50. The standard InChI is InChI=1S/C24H24N4O5/c1-24(2,3)33-23(32)26-13-12-25-22(31)28-17-11-7-5-9-15(17)18(21(28)30)19-20(29)14-8-4-6-10-16(14)27-19/h4-11,30H,12-13H2,1-3H3,(H,25,31)(H,26,32). The smallest absolute Gasteiger partial charge is 0.407 e. The number of aromatic nitrogens is 1. The number of para-hydroxylation sites is 2. The van der Waals surface area contributed by atoms with E-state index in [1.807, 2.05) is 0 Å². The highest BCUT2D eigenvalue weighted by atomic mass is 16.6. The van der Waals surface area contributed by atoms with Crippen LogP contribution < -0.4 is 10.6 Å². The SMILES string of the molecule is CC(C)(C)OC(=O)NCCNC(=O)n1c(O)c(C2=Nc3ccccc3C2=O)c2ccccc21. The molecule has 0 spiro atoms. The van der Waals surface area contributed by atoms with Gasteiger partial charge in [0.2, 0.25) is 11.7 Å². The Bertz CT molecular complexity index is 1300. The monoisotopic (exact) mass is 448 g/mol. The lowest BCUT2D eigenvalue weighted by molar-refractivity contribution is 0.0528. The third-order valence-electron chi connectivity index (χ3n) is 4.96. The van der Waals surface area contributed by atoms with Crippen LogP contribution in [0.5, 0.6) is 5.88 Å². The minimum Gasteiger partial charge on any atom is -0.494 e. The first kappa shape index (κ1) is 22.1. The number of Topliss-reactive ketones (excluding diaryl/α,β-unsaturated/α-hetero) is 1. The largest absolute Gasteiger partial charge is 0.494 e. The van der Waals surface area contributed by atoms with Crippen LogP contribution in [-0.4, -0.2) is 52.0 Å². The van der Waals surface area contributed by atoms with Crippen LogP contribution in [0.25, 0.3) is 10.9 Å². The number of nitrogens with zero attached hydrogens (tertiary/aromatic N) is 2. The van der Waals surface area contributed by atoms with E-state index in [0.717, 1.165) is 4.57 Å². The lowest BCUT2D eigenvalue weighted by Crippen LogP contribution is -2.38. The summed E-state index contributed by atoms with van der Waals surface area (Å²) in [6.07, 6.45) is -0.592. The van der Waals surface area contributed by atoms with Gasteiger partial charge in [-0.25, -0.2) is 19.1 Å². The van der Waals surface area contributed by atoms with Gasteiger partial charge in [0.25, 0.3) is 0 Å². The van der Waals surface area contributed by atoms with Gasteiger partial charge in [-0.3, -0.25) is 4.79 Å². The molecule has 1 aromatic heterocycles. The van der Waals surface area contributed by atoms with Crippen molar-refractivity contribution in [2.75, 3.05) is 13.1 Å². The molecular weight excluding hydrogens is 424 g/mol. The Kier molecular flexibility index (Phi) is 5.63. The number of hydrogen-bond acceptors (Lipinski definition) is 6. The van der Waals surface area contributed by atoms with Crippen LogP contribution in [-0.2, 0) is 4.74 Å². The molecule has 0 fully saturated rings. The number of aliphatic imine (C=N–C) groups is 1. The van der Waals surface area contributed by atoms with Crippen LogP contribution in [0.2, 0.25) is 0 Å². The molecule has 3 aromatic rings. The molecule has 1 aliphatic rings. The minimum atomic E-state index is -0.625. The number of fused-ring (bicyclic) bond motifs is 2. The molecule has 2 heterocycles. The maximum Gasteiger partial charge on any atom is 0.407 e. The average Bonchev–Trinajstić information content (AvgIpc) is 3.23. The van der Waals surface area contributed by atoms with Gasteiger partial charge in [-0.2, -0.15) is 0 Å². The third kappa shape index (κ3) is 4.30. The second-order valence-electron chi connectivity index (χ2n) is 8.52. The molecule has 9 nitrogen and oxygen atoms in total. The maximum absolute atomic E-state index is 12.9. The number of hydrogen-bond donors (Lipinski definition) is 3. The number of carbonyl (C=O) groups is 3. The van der Waals surface area contributed by atoms with Crippen molar-refractivity contribution in [3.8, 4) is 5.88 Å². The van der Waals surface area contributed by atoms with Crippen molar-refractivity contribution in [1.82, 2.24) is 15.2 Å². The molecule has 0 saturated carbocycles. The quantitative estimate of drug-likeness (QED) is 0.525. The Morgan fingerprint density at radius 2 is 1.70 bits per heavy atom. The summed E-state index contributed by atoms with van der Waals surface area (Å²) in [6, 6.07) is 13.2. The van der Waals surface area contributed by atoms with E-state index in [9.17, 15) is 19.5 Å². The summed E-state index contributed by atoms with van der Waals surface area (Å²) in [7, 11) is 0. The van der Waals surface area contributed by atoms with Crippen molar-refractivity contribution in [3.63, 3.8) is 0 Å². The number of aromatic hydroxyl groups is 1. The van der Waals surface area contributed by atoms with Gasteiger partial charge >= 0.3 is 12.1 Å². The molecular formula is C24H24N4O5. The predicted octanol–water partition coefficient (Wildman–Crippen LogP) is 3.75. The highest BCUT2D eigenvalue weighted by Gasteiger charge is 2.32. The van der Waals surface area contributed by atoms with Gasteiger partial charge in [-0.1, -0.05) is 30.3 Å². The van der Waals surface area contributed by atoms with Crippen LogP contribution in [0.15, 0.2) is 53.5 Å². The number of benzene rings is 2. The Morgan fingerprint density at radius 1 is 1.03 bits per heavy atom. The molecule has 33 heavy (non-hydrogen) atoms. The molecule has 2 aromatic carbocycles. The Labute approximate surface area is 190 Å². The zero-order valence-electron chi connectivity index (χ0n) is 18.5. The highest BCUT2D eigenvalue weighted by molar-refractivity contribution is 6.56. The van der Waals surface area contributed by atoms with Crippen molar-refractivity contribution in [2.24, 2.45) is 4.99 Å². The molecule has 0 saturated heterocycles. The van der Waals surface area contributed by atoms with Crippen molar-refractivity contribution >= 4 is 40.2 Å². The van der Waals surface area contributed by atoms with E-state index in [2.05, 4.69) is 15.6 Å². The summed E-state index contributed by atoms with van der Waals surface area (Å²) in [4.78, 5) is 42.0. The Hall–Kier alpha value is -4.14. The Balaban J connectivity index is 1.57. The zero-order valence-corrected chi connectivity index (χ0v) is 18.5. The molecule has 4 rings (SSSR count). The van der Waals surface area contributed by atoms with E-state index in [1.54, 1.807) is 69.3 Å². The van der Waals surface area contributed by atoms with Crippen LogP contribution in [0.3, 0.4) is 0 Å². The van der Waals surface area contributed by atoms with E-state index in [0.29, 0.717) is 22.2 Å². The second-order valence-corrected chi connectivity index (χ2v) is 8.52. The van der Waals surface area contributed by atoms with E-state index < -0.39 is 17.7 Å². The first-order chi connectivity index (χ1) is 15.7. The predicted molar refractivity (Wildman–Crippen MR) is 124 cm³/mol. The van der Waals surface area contributed by atoms with Gasteiger partial charge in [0.15, 0.2) is 0 Å². The zero-order chi connectivity index (χ0) is 23.8. The fraction of sp³-hybridized carbons (Fsp3) is 0.250. The van der Waals surface area contributed by atoms with Crippen LogP contribution in [0.1, 0.15) is 36.7 Å². The van der Waals surface area contributed by atoms with Crippen LogP contribution in [0, 0.1) is 0 Å². The van der Waals surface area contributed by atoms with Crippen LogP contribution >= 0.6 is 0 Å². The summed E-state index contributed by atoms with van der Waals surface area (Å²) in [5.74, 6) is -0.695. The molecule has 0 unspecified atom stereocenters. The summed E-state index contributed by atoms with van der Waals surface area (Å²) in [5, 5.41) is 16.7. The number of ether oxygens (including phenoxy) is 1. The molecule has 1 aliphatic heterocycles. The van der Waals surface area contributed by atoms with Crippen molar-refractivity contribution in [2.45, 2.75) is 26.4 Å². The molecule has 3 N–H and O–H groups in total. The van der Waals surface area contributed by atoms with Gasteiger partial charge in [-0.15, -0.1) is 0 Å². The molecule has 2 amide bonds. The van der Waals surface area contributed by atoms with Crippen molar-refractivity contribution < 1.29 is 24.2 Å². The fourth-order valence-corrected chi connectivity index (χ4v) is 3.62. The van der Waals surface area contributed by atoms with E-state index in [4.69, 9.17) is 4.74 Å².